The largest absolute Gasteiger partial charge is 0.326 e. The lowest BCUT2D eigenvalue weighted by molar-refractivity contribution is -0.115. The molecule has 8 heteroatoms. The van der Waals surface area contributed by atoms with Crippen molar-refractivity contribution in [2.24, 2.45) is 7.05 Å². The molecule has 0 aliphatic rings. The van der Waals surface area contributed by atoms with Crippen LogP contribution in [0.1, 0.15) is 28.2 Å². The zero-order valence-electron chi connectivity index (χ0n) is 17.6. The topological polar surface area (TPSA) is 81.3 Å². The molecule has 0 fully saturated rings. The van der Waals surface area contributed by atoms with Gasteiger partial charge in [-0.15, -0.1) is 11.3 Å². The van der Waals surface area contributed by atoms with Crippen molar-refractivity contribution >= 4 is 27.9 Å². The fourth-order valence-electron chi connectivity index (χ4n) is 3.40. The molecule has 154 valence electrons. The van der Waals surface area contributed by atoms with Crippen molar-refractivity contribution in [2.75, 3.05) is 5.32 Å². The third-order valence-electron chi connectivity index (χ3n) is 5.32. The van der Waals surface area contributed by atoms with E-state index in [9.17, 15) is 9.59 Å². The maximum Gasteiger partial charge on any atom is 0.268 e. The van der Waals surface area contributed by atoms with Gasteiger partial charge in [0.2, 0.25) is 5.91 Å². The number of fused-ring (bicyclic) bond motifs is 1. The van der Waals surface area contributed by atoms with Crippen LogP contribution < -0.4 is 10.9 Å². The van der Waals surface area contributed by atoms with Crippen molar-refractivity contribution in [3.63, 3.8) is 0 Å². The van der Waals surface area contributed by atoms with E-state index in [0.717, 1.165) is 16.9 Å². The molecule has 0 aliphatic heterocycles. The Morgan fingerprint density at radius 1 is 1.13 bits per heavy atom. The average molecular weight is 422 g/mol. The number of nitrogens with one attached hydrogen (secondary N) is 1. The summed E-state index contributed by atoms with van der Waals surface area (Å²) in [5.74, 6) is -0.180. The maximum atomic E-state index is 13.3. The third-order valence-corrected chi connectivity index (χ3v) is 6.20. The first-order valence-electron chi connectivity index (χ1n) is 9.62. The van der Waals surface area contributed by atoms with E-state index in [0.29, 0.717) is 27.6 Å². The van der Waals surface area contributed by atoms with Crippen LogP contribution in [0, 0.1) is 27.7 Å². The number of aromatic nitrogens is 4. The van der Waals surface area contributed by atoms with Gasteiger partial charge in [-0.3, -0.25) is 18.7 Å². The summed E-state index contributed by atoms with van der Waals surface area (Å²) in [6.07, 6.45) is 0.0816. The number of carbonyl (C=O) groups is 1. The summed E-state index contributed by atoms with van der Waals surface area (Å²) in [4.78, 5) is 31.1. The monoisotopic (exact) mass is 421 g/mol. The molecule has 0 bridgehead atoms. The van der Waals surface area contributed by atoms with E-state index in [4.69, 9.17) is 0 Å². The molecular formula is C22H23N5O2S. The van der Waals surface area contributed by atoms with Crippen LogP contribution in [0.2, 0.25) is 0 Å². The van der Waals surface area contributed by atoms with E-state index in [1.165, 1.54) is 21.3 Å². The summed E-state index contributed by atoms with van der Waals surface area (Å²) < 4.78 is 3.26. The molecule has 0 spiro atoms. The van der Waals surface area contributed by atoms with Crippen LogP contribution in [0.25, 0.3) is 16.2 Å². The van der Waals surface area contributed by atoms with Gasteiger partial charge in [0, 0.05) is 29.5 Å². The Morgan fingerprint density at radius 3 is 2.57 bits per heavy atom. The normalized spacial score (nSPS) is 11.2. The van der Waals surface area contributed by atoms with E-state index in [1.54, 1.807) is 4.68 Å². The molecule has 0 unspecified atom stereocenters. The van der Waals surface area contributed by atoms with Crippen LogP contribution in [0.3, 0.4) is 0 Å². The van der Waals surface area contributed by atoms with E-state index in [1.807, 2.05) is 64.4 Å². The molecule has 4 aromatic rings. The van der Waals surface area contributed by atoms with Gasteiger partial charge in [0.1, 0.15) is 0 Å². The summed E-state index contributed by atoms with van der Waals surface area (Å²) in [5.41, 5.74) is 6.07. The van der Waals surface area contributed by atoms with E-state index in [2.05, 4.69) is 15.4 Å². The Balaban J connectivity index is 1.69. The first kappa shape index (κ1) is 20.0. The number of benzene rings is 1. The first-order valence-corrected chi connectivity index (χ1v) is 10.5. The van der Waals surface area contributed by atoms with Gasteiger partial charge in [-0.25, -0.2) is 4.98 Å². The molecule has 1 amide bonds. The highest BCUT2D eigenvalue weighted by molar-refractivity contribution is 7.15. The quantitative estimate of drug-likeness (QED) is 0.546. The number of hydrogen-bond acceptors (Lipinski definition) is 5. The highest BCUT2D eigenvalue weighted by Crippen LogP contribution is 2.22. The Bertz CT molecular complexity index is 1330. The minimum atomic E-state index is -0.203. The molecule has 3 heterocycles. The first-order chi connectivity index (χ1) is 14.2. The number of rotatable bonds is 4. The molecule has 1 N–H and O–H groups in total. The molecule has 0 aliphatic carbocycles. The number of anilines is 1. The Morgan fingerprint density at radius 2 is 1.90 bits per heavy atom. The maximum absolute atomic E-state index is 13.3. The fraction of sp³-hybridized carbons (Fsp3) is 0.273. The molecule has 4 rings (SSSR count). The molecule has 3 aromatic heterocycles. The third kappa shape index (κ3) is 3.54. The van der Waals surface area contributed by atoms with Crippen LogP contribution >= 0.6 is 11.3 Å². The van der Waals surface area contributed by atoms with Crippen molar-refractivity contribution in [3.05, 3.63) is 68.2 Å². The molecular weight excluding hydrogens is 398 g/mol. The number of aryl methyl sites for hydroxylation is 5. The molecule has 1 aromatic carbocycles. The second-order valence-electron chi connectivity index (χ2n) is 7.54. The van der Waals surface area contributed by atoms with Gasteiger partial charge in [-0.05, 0) is 57.0 Å². The van der Waals surface area contributed by atoms with Crippen LogP contribution in [-0.4, -0.2) is 25.1 Å². The standard InChI is InChI=1S/C22H23N5O2S/c1-12-6-7-16(8-13(12)2)24-19(28)10-17-11-30-22-23-15(4)20(21(29)27(17)22)18-9-14(3)26(5)25-18/h6-9,11H,10H2,1-5H3,(H,24,28). The summed E-state index contributed by atoms with van der Waals surface area (Å²) in [6, 6.07) is 7.67. The van der Waals surface area contributed by atoms with Gasteiger partial charge in [-0.1, -0.05) is 6.07 Å². The van der Waals surface area contributed by atoms with Crippen LogP contribution in [0.5, 0.6) is 0 Å². The summed E-state index contributed by atoms with van der Waals surface area (Å²) in [6.45, 7) is 7.78. The lowest BCUT2D eigenvalue weighted by Gasteiger charge is -2.08. The second kappa shape index (κ2) is 7.53. The Kier molecular flexibility index (Phi) is 5.03. The lowest BCUT2D eigenvalue weighted by atomic mass is 10.1. The van der Waals surface area contributed by atoms with Gasteiger partial charge < -0.3 is 5.32 Å². The number of hydrogen-bond donors (Lipinski definition) is 1. The lowest BCUT2D eigenvalue weighted by Crippen LogP contribution is -2.23. The predicted octanol–water partition coefficient (Wildman–Crippen LogP) is 3.57. The summed E-state index contributed by atoms with van der Waals surface area (Å²) in [5, 5.41) is 9.17. The highest BCUT2D eigenvalue weighted by atomic mass is 32.1. The Hall–Kier alpha value is -3.26. The number of carbonyl (C=O) groups excluding carboxylic acids is 1. The fourth-order valence-corrected chi connectivity index (χ4v) is 4.32. The highest BCUT2D eigenvalue weighted by Gasteiger charge is 2.19. The smallest absolute Gasteiger partial charge is 0.268 e. The van der Waals surface area contributed by atoms with E-state index < -0.39 is 0 Å². The summed E-state index contributed by atoms with van der Waals surface area (Å²) >= 11 is 1.35. The van der Waals surface area contributed by atoms with Crippen LogP contribution in [0.15, 0.2) is 34.4 Å². The van der Waals surface area contributed by atoms with Crippen molar-refractivity contribution in [2.45, 2.75) is 34.1 Å². The van der Waals surface area contributed by atoms with Crippen molar-refractivity contribution in [1.82, 2.24) is 19.2 Å². The molecule has 0 saturated heterocycles. The van der Waals surface area contributed by atoms with Crippen molar-refractivity contribution in [1.29, 1.82) is 0 Å². The van der Waals surface area contributed by atoms with E-state index >= 15 is 0 Å². The predicted molar refractivity (Wildman–Crippen MR) is 119 cm³/mol. The van der Waals surface area contributed by atoms with Gasteiger partial charge >= 0.3 is 0 Å². The minimum absolute atomic E-state index is 0.0816. The van der Waals surface area contributed by atoms with Gasteiger partial charge in [0.15, 0.2) is 4.96 Å². The van der Waals surface area contributed by atoms with Crippen LogP contribution in [-0.2, 0) is 18.3 Å². The van der Waals surface area contributed by atoms with Crippen molar-refractivity contribution in [3.8, 4) is 11.3 Å². The second-order valence-corrected chi connectivity index (χ2v) is 8.38. The zero-order valence-corrected chi connectivity index (χ0v) is 18.4. The van der Waals surface area contributed by atoms with Gasteiger partial charge in [0.25, 0.3) is 5.56 Å². The minimum Gasteiger partial charge on any atom is -0.326 e. The number of amides is 1. The van der Waals surface area contributed by atoms with Crippen molar-refractivity contribution < 1.29 is 4.79 Å². The molecule has 30 heavy (non-hydrogen) atoms. The van der Waals surface area contributed by atoms with Gasteiger partial charge in [-0.2, -0.15) is 5.10 Å². The van der Waals surface area contributed by atoms with E-state index in [-0.39, 0.29) is 17.9 Å². The molecule has 0 radical (unpaired) electrons. The van der Waals surface area contributed by atoms with Gasteiger partial charge in [0.05, 0.1) is 23.4 Å². The molecule has 0 saturated carbocycles. The zero-order chi connectivity index (χ0) is 21.6. The molecule has 0 atom stereocenters. The SMILES string of the molecule is Cc1ccc(NC(=O)Cc2csc3nc(C)c(-c4cc(C)n(C)n4)c(=O)n23)cc1C. The number of thiazole rings is 1. The summed E-state index contributed by atoms with van der Waals surface area (Å²) in [7, 11) is 1.84. The molecule has 7 nitrogen and oxygen atoms in total. The Labute approximate surface area is 178 Å². The average Bonchev–Trinajstić information content (AvgIpc) is 3.21. The number of nitrogens with zero attached hydrogens (tertiary/aromatic N) is 4. The van der Waals surface area contributed by atoms with Crippen LogP contribution in [0.4, 0.5) is 5.69 Å².